The van der Waals surface area contributed by atoms with Crippen LogP contribution in [0.25, 0.3) is 0 Å². The Balaban J connectivity index is 2.47. The second kappa shape index (κ2) is 9.70. The SMILES string of the molecule is C/C(CC(=O)Nc1ccccc1Br)=N\NC(=O)C(=O)NCCO. The molecule has 0 spiro atoms. The quantitative estimate of drug-likeness (QED) is 0.321. The van der Waals surface area contributed by atoms with E-state index >= 15 is 0 Å². The summed E-state index contributed by atoms with van der Waals surface area (Å²) in [5.41, 5.74) is 2.99. The molecule has 4 N–H and O–H groups in total. The Morgan fingerprint density at radius 3 is 2.57 bits per heavy atom. The van der Waals surface area contributed by atoms with Crippen LogP contribution in [-0.2, 0) is 14.4 Å². The van der Waals surface area contributed by atoms with Gasteiger partial charge in [-0.25, -0.2) is 5.43 Å². The standard InChI is InChI=1S/C14H17BrN4O4/c1-9(18-19-14(23)13(22)16-6-7-20)8-12(21)17-11-5-3-2-4-10(11)15/h2-5,20H,6-8H2,1H3,(H,16,22)(H,17,21)(H,19,23)/b18-9+. The van der Waals surface area contributed by atoms with Gasteiger partial charge in [0.15, 0.2) is 0 Å². The number of halogens is 1. The summed E-state index contributed by atoms with van der Waals surface area (Å²) in [7, 11) is 0. The normalized spacial score (nSPS) is 10.8. The van der Waals surface area contributed by atoms with Crippen molar-refractivity contribution in [1.29, 1.82) is 0 Å². The highest BCUT2D eigenvalue weighted by Crippen LogP contribution is 2.21. The van der Waals surface area contributed by atoms with Gasteiger partial charge in [-0.15, -0.1) is 0 Å². The van der Waals surface area contributed by atoms with Crippen molar-refractivity contribution in [3.8, 4) is 0 Å². The monoisotopic (exact) mass is 384 g/mol. The number of rotatable bonds is 6. The number of benzene rings is 1. The predicted octanol–water partition coefficient (Wildman–Crippen LogP) is 0.378. The number of aliphatic hydroxyl groups excluding tert-OH is 1. The van der Waals surface area contributed by atoms with Crippen molar-refractivity contribution in [3.63, 3.8) is 0 Å². The first-order valence-corrected chi connectivity index (χ1v) is 7.50. The zero-order chi connectivity index (χ0) is 17.2. The Bertz CT molecular complexity index is 619. The van der Waals surface area contributed by atoms with E-state index in [1.807, 2.05) is 11.5 Å². The van der Waals surface area contributed by atoms with Crippen LogP contribution in [0.3, 0.4) is 0 Å². The van der Waals surface area contributed by atoms with Crippen LogP contribution in [0.15, 0.2) is 33.8 Å². The minimum atomic E-state index is -0.969. The van der Waals surface area contributed by atoms with Gasteiger partial charge in [0.05, 0.1) is 18.7 Å². The molecule has 0 radical (unpaired) electrons. The molecule has 1 aromatic rings. The molecule has 0 saturated heterocycles. The van der Waals surface area contributed by atoms with Crippen molar-refractivity contribution in [2.75, 3.05) is 18.5 Å². The van der Waals surface area contributed by atoms with E-state index in [-0.39, 0.29) is 25.5 Å². The van der Waals surface area contributed by atoms with Gasteiger partial charge in [0.2, 0.25) is 5.91 Å². The zero-order valence-electron chi connectivity index (χ0n) is 12.4. The first-order valence-electron chi connectivity index (χ1n) is 6.70. The Hall–Kier alpha value is -2.26. The van der Waals surface area contributed by atoms with Crippen LogP contribution in [-0.4, -0.2) is 41.7 Å². The molecule has 0 aliphatic heterocycles. The van der Waals surface area contributed by atoms with E-state index in [1.165, 1.54) is 0 Å². The van der Waals surface area contributed by atoms with Crippen LogP contribution >= 0.6 is 15.9 Å². The van der Waals surface area contributed by atoms with Crippen LogP contribution in [0.1, 0.15) is 13.3 Å². The molecule has 124 valence electrons. The smallest absolute Gasteiger partial charge is 0.329 e. The van der Waals surface area contributed by atoms with Crippen LogP contribution in [0.2, 0.25) is 0 Å². The Kier molecular flexibility index (Phi) is 7.92. The van der Waals surface area contributed by atoms with Gasteiger partial charge >= 0.3 is 11.8 Å². The number of aliphatic hydroxyl groups is 1. The highest BCUT2D eigenvalue weighted by Gasteiger charge is 2.12. The maximum atomic E-state index is 11.9. The van der Waals surface area contributed by atoms with Crippen LogP contribution in [0.4, 0.5) is 5.69 Å². The second-order valence-electron chi connectivity index (χ2n) is 4.47. The number of hydrogen-bond acceptors (Lipinski definition) is 5. The summed E-state index contributed by atoms with van der Waals surface area (Å²) in [6.07, 6.45) is -0.0418. The van der Waals surface area contributed by atoms with Crippen LogP contribution < -0.4 is 16.1 Å². The first-order chi connectivity index (χ1) is 10.9. The number of carbonyl (C=O) groups excluding carboxylic acids is 3. The molecule has 0 aromatic heterocycles. The largest absolute Gasteiger partial charge is 0.395 e. The lowest BCUT2D eigenvalue weighted by molar-refractivity contribution is -0.139. The molecule has 23 heavy (non-hydrogen) atoms. The lowest BCUT2D eigenvalue weighted by Gasteiger charge is -2.07. The molecule has 0 aliphatic rings. The van der Waals surface area contributed by atoms with Crippen molar-refractivity contribution in [1.82, 2.24) is 10.7 Å². The van der Waals surface area contributed by atoms with Crippen molar-refractivity contribution < 1.29 is 19.5 Å². The van der Waals surface area contributed by atoms with Crippen molar-refractivity contribution in [3.05, 3.63) is 28.7 Å². The minimum Gasteiger partial charge on any atom is -0.395 e. The highest BCUT2D eigenvalue weighted by molar-refractivity contribution is 9.10. The number of para-hydroxylation sites is 1. The van der Waals surface area contributed by atoms with Gasteiger partial charge in [0.1, 0.15) is 0 Å². The zero-order valence-corrected chi connectivity index (χ0v) is 14.0. The summed E-state index contributed by atoms with van der Waals surface area (Å²) in [5, 5.41) is 17.1. The molecular formula is C14H17BrN4O4. The molecule has 9 heteroatoms. The van der Waals surface area contributed by atoms with Crippen LogP contribution in [0.5, 0.6) is 0 Å². The van der Waals surface area contributed by atoms with E-state index in [4.69, 9.17) is 5.11 Å². The first kappa shape index (κ1) is 18.8. The minimum absolute atomic E-state index is 0.0245. The number of nitrogens with zero attached hydrogens (tertiary/aromatic N) is 1. The third-order valence-corrected chi connectivity index (χ3v) is 3.21. The number of hydrogen-bond donors (Lipinski definition) is 4. The number of hydrazone groups is 1. The Morgan fingerprint density at radius 1 is 1.22 bits per heavy atom. The van der Waals surface area contributed by atoms with Gasteiger partial charge < -0.3 is 15.7 Å². The predicted molar refractivity (Wildman–Crippen MR) is 88.7 cm³/mol. The number of anilines is 1. The maximum Gasteiger partial charge on any atom is 0.329 e. The Labute approximate surface area is 141 Å². The fourth-order valence-corrected chi connectivity index (χ4v) is 1.86. The molecule has 1 rings (SSSR count). The van der Waals surface area contributed by atoms with Crippen LogP contribution in [0, 0.1) is 0 Å². The van der Waals surface area contributed by atoms with E-state index in [0.29, 0.717) is 11.4 Å². The third-order valence-electron chi connectivity index (χ3n) is 2.52. The van der Waals surface area contributed by atoms with Gasteiger partial charge in [-0.05, 0) is 35.0 Å². The third kappa shape index (κ3) is 7.02. The van der Waals surface area contributed by atoms with E-state index in [2.05, 4.69) is 31.7 Å². The summed E-state index contributed by atoms with van der Waals surface area (Å²) in [4.78, 5) is 34.4. The lowest BCUT2D eigenvalue weighted by atomic mass is 10.2. The molecule has 0 unspecified atom stereocenters. The van der Waals surface area contributed by atoms with Crippen molar-refractivity contribution in [2.45, 2.75) is 13.3 Å². The molecule has 0 bridgehead atoms. The fourth-order valence-electron chi connectivity index (χ4n) is 1.48. The average Bonchev–Trinajstić information content (AvgIpc) is 2.52. The van der Waals surface area contributed by atoms with Crippen molar-refractivity contribution >= 4 is 45.1 Å². The van der Waals surface area contributed by atoms with E-state index in [0.717, 1.165) is 4.47 Å². The molecule has 8 nitrogen and oxygen atoms in total. The lowest BCUT2D eigenvalue weighted by Crippen LogP contribution is -2.39. The molecule has 3 amide bonds. The highest BCUT2D eigenvalue weighted by atomic mass is 79.9. The average molecular weight is 385 g/mol. The summed E-state index contributed by atoms with van der Waals surface area (Å²) in [6, 6.07) is 7.14. The molecular weight excluding hydrogens is 368 g/mol. The number of carbonyl (C=O) groups is 3. The van der Waals surface area contributed by atoms with E-state index < -0.39 is 11.8 Å². The van der Waals surface area contributed by atoms with Gasteiger partial charge in [-0.1, -0.05) is 12.1 Å². The second-order valence-corrected chi connectivity index (χ2v) is 5.33. The maximum absolute atomic E-state index is 11.9. The summed E-state index contributed by atoms with van der Waals surface area (Å²) in [5.74, 6) is -2.19. The molecule has 0 heterocycles. The topological polar surface area (TPSA) is 120 Å². The summed E-state index contributed by atoms with van der Waals surface area (Å²) in [6.45, 7) is 1.26. The summed E-state index contributed by atoms with van der Waals surface area (Å²) >= 11 is 3.31. The van der Waals surface area contributed by atoms with Gasteiger partial charge in [-0.3, -0.25) is 14.4 Å². The molecule has 0 aliphatic carbocycles. The van der Waals surface area contributed by atoms with E-state index in [9.17, 15) is 14.4 Å². The summed E-state index contributed by atoms with van der Waals surface area (Å²) < 4.78 is 0.747. The molecule has 1 aromatic carbocycles. The van der Waals surface area contributed by atoms with Gasteiger partial charge in [0.25, 0.3) is 0 Å². The Morgan fingerprint density at radius 2 is 1.91 bits per heavy atom. The fraction of sp³-hybridized carbons (Fsp3) is 0.286. The van der Waals surface area contributed by atoms with Gasteiger partial charge in [-0.2, -0.15) is 5.10 Å². The van der Waals surface area contributed by atoms with E-state index in [1.54, 1.807) is 25.1 Å². The van der Waals surface area contributed by atoms with Gasteiger partial charge in [0, 0.05) is 16.7 Å². The molecule has 0 atom stereocenters. The number of nitrogens with one attached hydrogen (secondary N) is 3. The number of amides is 3. The molecule has 0 saturated carbocycles. The molecule has 0 fully saturated rings. The van der Waals surface area contributed by atoms with Crippen molar-refractivity contribution in [2.24, 2.45) is 5.10 Å².